The summed E-state index contributed by atoms with van der Waals surface area (Å²) >= 11 is 1.70. The van der Waals surface area contributed by atoms with E-state index >= 15 is 0 Å². The van der Waals surface area contributed by atoms with Gasteiger partial charge in [0.2, 0.25) is 5.91 Å². The number of ether oxygens (including phenoxy) is 3. The zero-order valence-electron chi connectivity index (χ0n) is 19.5. The van der Waals surface area contributed by atoms with Crippen molar-refractivity contribution < 1.29 is 19.0 Å². The summed E-state index contributed by atoms with van der Waals surface area (Å²) < 4.78 is 17.0. The Labute approximate surface area is 205 Å². The normalized spacial score (nSPS) is 15.5. The molecule has 1 unspecified atom stereocenters. The Kier molecular flexibility index (Phi) is 8.77. The summed E-state index contributed by atoms with van der Waals surface area (Å²) in [4.78, 5) is 15.0. The highest BCUT2D eigenvalue weighted by atomic mass is 32.1. The van der Waals surface area contributed by atoms with E-state index in [0.29, 0.717) is 19.7 Å². The highest BCUT2D eigenvalue weighted by molar-refractivity contribution is 7.07. The van der Waals surface area contributed by atoms with Crippen molar-refractivity contribution in [2.24, 2.45) is 0 Å². The summed E-state index contributed by atoms with van der Waals surface area (Å²) in [6.07, 6.45) is 6.47. The zero-order valence-corrected chi connectivity index (χ0v) is 20.3. The second kappa shape index (κ2) is 12.4. The average molecular weight is 478 g/mol. The molecule has 1 fully saturated rings. The van der Waals surface area contributed by atoms with E-state index in [1.165, 1.54) is 5.56 Å². The minimum atomic E-state index is -0.0323. The first-order valence-electron chi connectivity index (χ1n) is 11.6. The van der Waals surface area contributed by atoms with Crippen LogP contribution in [0.25, 0.3) is 6.08 Å². The van der Waals surface area contributed by atoms with E-state index in [-0.39, 0.29) is 12.0 Å². The number of rotatable bonds is 11. The molecule has 0 spiro atoms. The highest BCUT2D eigenvalue weighted by Gasteiger charge is 2.22. The van der Waals surface area contributed by atoms with Gasteiger partial charge in [0.25, 0.3) is 0 Å². The van der Waals surface area contributed by atoms with Gasteiger partial charge in [0.05, 0.1) is 19.8 Å². The predicted octanol–water partition coefficient (Wildman–Crippen LogP) is 5.60. The van der Waals surface area contributed by atoms with Gasteiger partial charge in [-0.25, -0.2) is 0 Å². The van der Waals surface area contributed by atoms with E-state index in [0.717, 1.165) is 48.5 Å². The molecule has 5 nitrogen and oxygen atoms in total. The van der Waals surface area contributed by atoms with Gasteiger partial charge in [-0.2, -0.15) is 11.3 Å². The second-order valence-corrected chi connectivity index (χ2v) is 9.12. The Morgan fingerprint density at radius 1 is 1.15 bits per heavy atom. The highest BCUT2D eigenvalue weighted by Crippen LogP contribution is 2.19. The molecule has 1 aliphatic rings. The van der Waals surface area contributed by atoms with Gasteiger partial charge in [-0.05, 0) is 76.7 Å². The lowest BCUT2D eigenvalue weighted by atomic mass is 10.1. The summed E-state index contributed by atoms with van der Waals surface area (Å²) in [7, 11) is 1.64. The lowest BCUT2D eigenvalue weighted by Crippen LogP contribution is -2.35. The first-order chi connectivity index (χ1) is 16.7. The molecule has 1 aliphatic heterocycles. The summed E-state index contributed by atoms with van der Waals surface area (Å²) in [5, 5.41) is 4.23. The number of carbonyl (C=O) groups is 1. The van der Waals surface area contributed by atoms with Crippen LogP contribution in [0.5, 0.6) is 11.5 Å². The first kappa shape index (κ1) is 24.0. The molecule has 2 aromatic carbocycles. The molecule has 2 heterocycles. The average Bonchev–Trinajstić information content (AvgIpc) is 3.57. The number of benzene rings is 2. The Morgan fingerprint density at radius 3 is 2.76 bits per heavy atom. The molecule has 178 valence electrons. The smallest absolute Gasteiger partial charge is 0.246 e. The zero-order chi connectivity index (χ0) is 23.6. The van der Waals surface area contributed by atoms with E-state index in [2.05, 4.69) is 16.8 Å². The monoisotopic (exact) mass is 477 g/mol. The summed E-state index contributed by atoms with van der Waals surface area (Å²) in [5.74, 6) is 1.59. The van der Waals surface area contributed by atoms with Crippen LogP contribution in [0.4, 0.5) is 0 Å². The number of methoxy groups -OCH3 is 1. The number of thiophene rings is 1. The Hall–Kier alpha value is -3.09. The van der Waals surface area contributed by atoms with Crippen LogP contribution in [-0.4, -0.2) is 43.8 Å². The van der Waals surface area contributed by atoms with Crippen LogP contribution >= 0.6 is 11.3 Å². The van der Waals surface area contributed by atoms with Gasteiger partial charge in [-0.1, -0.05) is 24.3 Å². The molecule has 34 heavy (non-hydrogen) atoms. The number of carbonyl (C=O) groups excluding carboxylic acids is 1. The molecule has 1 amide bonds. The van der Waals surface area contributed by atoms with Crippen LogP contribution in [0, 0.1) is 0 Å². The molecule has 0 radical (unpaired) electrons. The number of nitrogens with zero attached hydrogens (tertiary/aromatic N) is 1. The quantitative estimate of drug-likeness (QED) is 0.337. The number of hydrogen-bond donors (Lipinski definition) is 0. The maximum Gasteiger partial charge on any atom is 0.246 e. The molecule has 4 rings (SSSR count). The molecular weight excluding hydrogens is 446 g/mol. The van der Waals surface area contributed by atoms with E-state index in [1.54, 1.807) is 24.5 Å². The molecule has 0 N–H and O–H groups in total. The molecule has 3 aromatic rings. The van der Waals surface area contributed by atoms with Crippen LogP contribution in [0.1, 0.15) is 29.5 Å². The van der Waals surface area contributed by atoms with Crippen molar-refractivity contribution in [3.05, 3.63) is 88.1 Å². The number of hydrogen-bond acceptors (Lipinski definition) is 5. The van der Waals surface area contributed by atoms with Gasteiger partial charge < -0.3 is 19.1 Å². The lowest BCUT2D eigenvalue weighted by Gasteiger charge is -2.24. The predicted molar refractivity (Wildman–Crippen MR) is 136 cm³/mol. The van der Waals surface area contributed by atoms with Gasteiger partial charge in [-0.3, -0.25) is 4.79 Å². The molecule has 0 saturated carbocycles. The largest absolute Gasteiger partial charge is 0.497 e. The maximum atomic E-state index is 13.1. The molecule has 1 atom stereocenters. The summed E-state index contributed by atoms with van der Waals surface area (Å²) in [6, 6.07) is 17.8. The van der Waals surface area contributed by atoms with Crippen molar-refractivity contribution in [3.8, 4) is 11.5 Å². The topological polar surface area (TPSA) is 48.0 Å². The SMILES string of the molecule is COc1ccc(/C=C/C(=O)N(Cc2cccc(OCCc3ccsc3)c2)CC2CCCO2)cc1. The molecular formula is C28H31NO4S. The van der Waals surface area contributed by atoms with E-state index in [4.69, 9.17) is 14.2 Å². The van der Waals surface area contributed by atoms with Crippen molar-refractivity contribution in [1.29, 1.82) is 0 Å². The molecule has 0 aliphatic carbocycles. The Bertz CT molecular complexity index is 1060. The van der Waals surface area contributed by atoms with Gasteiger partial charge in [0.15, 0.2) is 0 Å². The third-order valence-corrected chi connectivity index (χ3v) is 6.54. The van der Waals surface area contributed by atoms with Crippen LogP contribution in [-0.2, 0) is 22.5 Å². The fourth-order valence-electron chi connectivity index (χ4n) is 3.93. The Morgan fingerprint density at radius 2 is 2.03 bits per heavy atom. The third-order valence-electron chi connectivity index (χ3n) is 5.81. The van der Waals surface area contributed by atoms with Crippen molar-refractivity contribution in [1.82, 2.24) is 4.90 Å². The van der Waals surface area contributed by atoms with Crippen LogP contribution in [0.15, 0.2) is 71.4 Å². The van der Waals surface area contributed by atoms with E-state index in [1.807, 2.05) is 59.5 Å². The summed E-state index contributed by atoms with van der Waals surface area (Å²) in [5.41, 5.74) is 3.28. The van der Waals surface area contributed by atoms with Crippen LogP contribution in [0.2, 0.25) is 0 Å². The van der Waals surface area contributed by atoms with E-state index < -0.39 is 0 Å². The molecule has 1 aromatic heterocycles. The number of amides is 1. The second-order valence-electron chi connectivity index (χ2n) is 8.34. The van der Waals surface area contributed by atoms with Gasteiger partial charge >= 0.3 is 0 Å². The van der Waals surface area contributed by atoms with Crippen LogP contribution in [0.3, 0.4) is 0 Å². The van der Waals surface area contributed by atoms with Gasteiger partial charge in [0, 0.05) is 32.2 Å². The molecule has 6 heteroatoms. The minimum Gasteiger partial charge on any atom is -0.497 e. The van der Waals surface area contributed by atoms with Gasteiger partial charge in [0.1, 0.15) is 11.5 Å². The fraction of sp³-hybridized carbons (Fsp3) is 0.321. The molecule has 1 saturated heterocycles. The van der Waals surface area contributed by atoms with Crippen LogP contribution < -0.4 is 9.47 Å². The van der Waals surface area contributed by atoms with Gasteiger partial charge in [-0.15, -0.1) is 0 Å². The van der Waals surface area contributed by atoms with Crippen molar-refractivity contribution in [2.45, 2.75) is 31.9 Å². The lowest BCUT2D eigenvalue weighted by molar-refractivity contribution is -0.128. The minimum absolute atomic E-state index is 0.0323. The van der Waals surface area contributed by atoms with E-state index in [9.17, 15) is 4.79 Å². The maximum absolute atomic E-state index is 13.1. The van der Waals surface area contributed by atoms with Crippen molar-refractivity contribution >= 4 is 23.3 Å². The van der Waals surface area contributed by atoms with Crippen molar-refractivity contribution in [3.63, 3.8) is 0 Å². The molecule has 0 bridgehead atoms. The standard InChI is InChI=1S/C28H31NO4S/c1-31-25-10-7-22(8-11-25)9-12-28(30)29(20-27-6-3-15-32-27)19-24-4-2-5-26(18-24)33-16-13-23-14-17-34-21-23/h2,4-5,7-12,14,17-18,21,27H,3,6,13,15-16,19-20H2,1H3/b12-9+. The van der Waals surface area contributed by atoms with Crippen molar-refractivity contribution in [2.75, 3.05) is 26.9 Å². The third kappa shape index (κ3) is 7.20. The first-order valence-corrected chi connectivity index (χ1v) is 12.6. The summed E-state index contributed by atoms with van der Waals surface area (Å²) in [6.45, 7) is 2.48. The Balaban J connectivity index is 1.40. The fourth-order valence-corrected chi connectivity index (χ4v) is 4.63.